The van der Waals surface area contributed by atoms with E-state index in [1.54, 1.807) is 30.7 Å². The van der Waals surface area contributed by atoms with Gasteiger partial charge in [0.1, 0.15) is 5.15 Å². The van der Waals surface area contributed by atoms with Gasteiger partial charge in [-0.3, -0.25) is 4.79 Å². The molecule has 76 valence electrons. The summed E-state index contributed by atoms with van der Waals surface area (Å²) in [5.74, 6) is 0.000648. The Kier molecular flexibility index (Phi) is 2.83. The van der Waals surface area contributed by atoms with Crippen LogP contribution in [0, 0.1) is 0 Å². The lowest BCUT2D eigenvalue weighted by molar-refractivity contribution is 0.0992. The maximum absolute atomic E-state index is 11.7. The normalized spacial score (nSPS) is 10.2. The average molecular weight is 222 g/mol. The van der Waals surface area contributed by atoms with Crippen LogP contribution in [-0.2, 0) is 6.42 Å². The van der Waals surface area contributed by atoms with Crippen LogP contribution in [0.4, 0.5) is 0 Å². The first-order valence-electron chi connectivity index (χ1n) is 4.41. The molecule has 0 unspecified atom stereocenters. The Morgan fingerprint density at radius 1 is 1.47 bits per heavy atom. The maximum atomic E-state index is 11.7. The number of rotatable bonds is 3. The summed E-state index contributed by atoms with van der Waals surface area (Å²) in [4.78, 5) is 15.6. The molecule has 0 saturated heterocycles. The average Bonchev–Trinajstić information content (AvgIpc) is 2.70. The summed E-state index contributed by atoms with van der Waals surface area (Å²) in [6.07, 6.45) is 4.94. The lowest BCUT2D eigenvalue weighted by Crippen LogP contribution is -2.02. The smallest absolute Gasteiger partial charge is 0.167 e. The van der Waals surface area contributed by atoms with E-state index in [4.69, 9.17) is 16.0 Å². The molecule has 2 rings (SSSR count). The zero-order valence-corrected chi connectivity index (χ0v) is 8.57. The van der Waals surface area contributed by atoms with Crippen LogP contribution in [0.1, 0.15) is 15.9 Å². The zero-order chi connectivity index (χ0) is 10.7. The third-order valence-corrected chi connectivity index (χ3v) is 2.20. The first kappa shape index (κ1) is 9.93. The van der Waals surface area contributed by atoms with Gasteiger partial charge in [-0.25, -0.2) is 4.98 Å². The van der Waals surface area contributed by atoms with Gasteiger partial charge < -0.3 is 4.42 Å². The van der Waals surface area contributed by atoms with E-state index in [1.807, 2.05) is 0 Å². The van der Waals surface area contributed by atoms with E-state index in [0.717, 1.165) is 5.56 Å². The van der Waals surface area contributed by atoms with Crippen molar-refractivity contribution < 1.29 is 9.21 Å². The van der Waals surface area contributed by atoms with E-state index >= 15 is 0 Å². The second-order valence-electron chi connectivity index (χ2n) is 3.10. The van der Waals surface area contributed by atoms with Crippen molar-refractivity contribution in [1.29, 1.82) is 0 Å². The summed E-state index contributed by atoms with van der Waals surface area (Å²) >= 11 is 5.69. The topological polar surface area (TPSA) is 43.1 Å². The van der Waals surface area contributed by atoms with Gasteiger partial charge in [0.15, 0.2) is 5.78 Å². The number of aromatic nitrogens is 1. The van der Waals surface area contributed by atoms with E-state index in [0.29, 0.717) is 17.1 Å². The van der Waals surface area contributed by atoms with Crippen LogP contribution in [0.3, 0.4) is 0 Å². The van der Waals surface area contributed by atoms with Crippen LogP contribution in [0.2, 0.25) is 5.15 Å². The summed E-state index contributed by atoms with van der Waals surface area (Å²) < 4.78 is 4.88. The molecule has 2 aromatic heterocycles. The molecule has 0 spiro atoms. The Morgan fingerprint density at radius 2 is 2.33 bits per heavy atom. The molecule has 0 radical (unpaired) electrons. The number of Topliss-reactive ketones (excluding diaryl/α,β-unsaturated/α-hetero) is 1. The molecule has 0 N–H and O–H groups in total. The third-order valence-electron chi connectivity index (χ3n) is 1.99. The summed E-state index contributed by atoms with van der Waals surface area (Å²) in [5, 5.41) is 0.327. The quantitative estimate of drug-likeness (QED) is 0.591. The Balaban J connectivity index is 2.15. The number of furan rings is 1. The van der Waals surface area contributed by atoms with Crippen LogP contribution in [-0.4, -0.2) is 10.8 Å². The van der Waals surface area contributed by atoms with Crippen LogP contribution in [0.15, 0.2) is 41.3 Å². The predicted molar refractivity (Wildman–Crippen MR) is 56.0 cm³/mol. The van der Waals surface area contributed by atoms with Gasteiger partial charge in [0.05, 0.1) is 12.5 Å². The van der Waals surface area contributed by atoms with E-state index in [9.17, 15) is 4.79 Å². The second kappa shape index (κ2) is 4.28. The number of pyridine rings is 1. The van der Waals surface area contributed by atoms with Gasteiger partial charge in [-0.15, -0.1) is 0 Å². The number of nitrogens with zero attached hydrogens (tertiary/aromatic N) is 1. The highest BCUT2D eigenvalue weighted by Gasteiger charge is 2.08. The fraction of sp³-hybridized carbons (Fsp3) is 0.0909. The van der Waals surface area contributed by atoms with Gasteiger partial charge in [-0.05, 0) is 23.8 Å². The lowest BCUT2D eigenvalue weighted by Gasteiger charge is -1.98. The Labute approximate surface area is 91.7 Å². The second-order valence-corrected chi connectivity index (χ2v) is 3.49. The Morgan fingerprint density at radius 3 is 3.00 bits per heavy atom. The minimum absolute atomic E-state index is 0.000648. The van der Waals surface area contributed by atoms with Crippen molar-refractivity contribution in [2.45, 2.75) is 6.42 Å². The number of hydrogen-bond acceptors (Lipinski definition) is 3. The molecule has 0 saturated carbocycles. The summed E-state index contributed by atoms with van der Waals surface area (Å²) in [7, 11) is 0. The largest absolute Gasteiger partial charge is 0.472 e. The van der Waals surface area contributed by atoms with Gasteiger partial charge in [0.2, 0.25) is 0 Å². The number of halogens is 1. The molecule has 0 aliphatic rings. The fourth-order valence-electron chi connectivity index (χ4n) is 1.26. The molecule has 0 amide bonds. The first-order valence-corrected chi connectivity index (χ1v) is 4.79. The highest BCUT2D eigenvalue weighted by Crippen LogP contribution is 2.11. The zero-order valence-electron chi connectivity index (χ0n) is 7.81. The summed E-state index contributed by atoms with van der Waals surface area (Å²) in [6, 6.07) is 4.97. The number of carbonyl (C=O) groups is 1. The molecular formula is C11H8ClNO2. The predicted octanol–water partition coefficient (Wildman–Crippen LogP) is 2.75. The molecule has 0 fully saturated rings. The molecule has 0 bridgehead atoms. The first-order chi connectivity index (χ1) is 7.25. The van der Waals surface area contributed by atoms with Crippen molar-refractivity contribution in [3.8, 4) is 0 Å². The van der Waals surface area contributed by atoms with Crippen molar-refractivity contribution in [2.24, 2.45) is 0 Å². The summed E-state index contributed by atoms with van der Waals surface area (Å²) in [5.41, 5.74) is 1.42. The monoisotopic (exact) mass is 221 g/mol. The van der Waals surface area contributed by atoms with Gasteiger partial charge in [-0.2, -0.15) is 0 Å². The SMILES string of the molecule is O=C(Cc1ccoc1)c1ccnc(Cl)c1. The van der Waals surface area contributed by atoms with Crippen molar-refractivity contribution in [3.05, 3.63) is 53.2 Å². The molecule has 2 aromatic rings. The van der Waals surface area contributed by atoms with Crippen LogP contribution >= 0.6 is 11.6 Å². The van der Waals surface area contributed by atoms with Crippen LogP contribution in [0.25, 0.3) is 0 Å². The summed E-state index contributed by atoms with van der Waals surface area (Å²) in [6.45, 7) is 0. The molecular weight excluding hydrogens is 214 g/mol. The molecule has 0 aliphatic heterocycles. The molecule has 2 heterocycles. The van der Waals surface area contributed by atoms with Crippen molar-refractivity contribution >= 4 is 17.4 Å². The number of ketones is 1. The minimum Gasteiger partial charge on any atom is -0.472 e. The van der Waals surface area contributed by atoms with E-state index in [2.05, 4.69) is 4.98 Å². The fourth-order valence-corrected chi connectivity index (χ4v) is 1.43. The minimum atomic E-state index is 0.000648. The number of hydrogen-bond donors (Lipinski definition) is 0. The van der Waals surface area contributed by atoms with Gasteiger partial charge in [0, 0.05) is 18.2 Å². The highest BCUT2D eigenvalue weighted by molar-refractivity contribution is 6.29. The molecule has 0 aliphatic carbocycles. The van der Waals surface area contributed by atoms with E-state index in [-0.39, 0.29) is 5.78 Å². The van der Waals surface area contributed by atoms with E-state index in [1.165, 1.54) is 6.20 Å². The number of carbonyl (C=O) groups excluding carboxylic acids is 1. The van der Waals surface area contributed by atoms with Gasteiger partial charge >= 0.3 is 0 Å². The van der Waals surface area contributed by atoms with Crippen molar-refractivity contribution in [3.63, 3.8) is 0 Å². The molecule has 4 heteroatoms. The lowest BCUT2D eigenvalue weighted by atomic mass is 10.1. The maximum Gasteiger partial charge on any atom is 0.167 e. The molecule has 15 heavy (non-hydrogen) atoms. The standard InChI is InChI=1S/C11H8ClNO2/c12-11-6-9(1-3-13-11)10(14)5-8-2-4-15-7-8/h1-4,6-7H,5H2. The van der Waals surface area contributed by atoms with Crippen LogP contribution in [0.5, 0.6) is 0 Å². The van der Waals surface area contributed by atoms with Gasteiger partial charge in [0.25, 0.3) is 0 Å². The van der Waals surface area contributed by atoms with E-state index < -0.39 is 0 Å². The molecule has 0 atom stereocenters. The van der Waals surface area contributed by atoms with Crippen molar-refractivity contribution in [1.82, 2.24) is 4.98 Å². The molecule has 0 aromatic carbocycles. The Hall–Kier alpha value is -1.61. The van der Waals surface area contributed by atoms with Crippen molar-refractivity contribution in [2.75, 3.05) is 0 Å². The molecule has 3 nitrogen and oxygen atoms in total. The van der Waals surface area contributed by atoms with Gasteiger partial charge in [-0.1, -0.05) is 11.6 Å². The highest BCUT2D eigenvalue weighted by atomic mass is 35.5. The third kappa shape index (κ3) is 2.44. The Bertz CT molecular complexity index is 465. The van der Waals surface area contributed by atoms with Crippen LogP contribution < -0.4 is 0 Å².